The normalized spacial score (nSPS) is 17.2. The molecule has 2 heterocycles. The molecule has 1 saturated heterocycles. The Bertz CT molecular complexity index is 599. The number of benzene rings is 1. The van der Waals surface area contributed by atoms with Crippen molar-refractivity contribution in [2.75, 3.05) is 26.2 Å². The van der Waals surface area contributed by atoms with Crippen molar-refractivity contribution >= 4 is 27.0 Å². The zero-order chi connectivity index (χ0) is 13.4. The quantitative estimate of drug-likeness (QED) is 0.918. The van der Waals surface area contributed by atoms with Gasteiger partial charge in [0.1, 0.15) is 5.82 Å². The van der Waals surface area contributed by atoms with Crippen molar-refractivity contribution in [2.45, 2.75) is 13.5 Å². The average molecular weight is 323 g/mol. The number of piperazine rings is 1. The van der Waals surface area contributed by atoms with Crippen LogP contribution in [0.4, 0.5) is 0 Å². The first-order valence-corrected chi connectivity index (χ1v) is 7.49. The number of rotatable bonds is 2. The number of fused-ring (bicyclic) bond motifs is 1. The molecule has 0 spiro atoms. The second-order valence-electron chi connectivity index (χ2n) is 5.20. The summed E-state index contributed by atoms with van der Waals surface area (Å²) in [4.78, 5) is 7.29. The van der Waals surface area contributed by atoms with Gasteiger partial charge in [-0.25, -0.2) is 4.98 Å². The molecule has 0 unspecified atom stereocenters. The first-order chi connectivity index (χ1) is 9.15. The van der Waals surface area contributed by atoms with E-state index in [1.54, 1.807) is 0 Å². The SMILES string of the molecule is Cc1cc(Br)cc2c1nc(CN1CCNCC1)n2C. The van der Waals surface area contributed by atoms with E-state index in [4.69, 9.17) is 4.98 Å². The first kappa shape index (κ1) is 13.1. The van der Waals surface area contributed by atoms with E-state index < -0.39 is 0 Å². The van der Waals surface area contributed by atoms with Crippen molar-refractivity contribution in [2.24, 2.45) is 7.05 Å². The molecule has 4 nitrogen and oxygen atoms in total. The summed E-state index contributed by atoms with van der Waals surface area (Å²) in [5, 5.41) is 3.38. The lowest BCUT2D eigenvalue weighted by molar-refractivity contribution is 0.226. The molecule has 102 valence electrons. The maximum Gasteiger partial charge on any atom is 0.123 e. The van der Waals surface area contributed by atoms with Crippen LogP contribution in [-0.2, 0) is 13.6 Å². The summed E-state index contributed by atoms with van der Waals surface area (Å²) < 4.78 is 3.34. The molecule has 1 N–H and O–H groups in total. The number of hydrogen-bond acceptors (Lipinski definition) is 3. The summed E-state index contributed by atoms with van der Waals surface area (Å²) in [6.07, 6.45) is 0. The summed E-state index contributed by atoms with van der Waals surface area (Å²) in [5.41, 5.74) is 3.55. The van der Waals surface area contributed by atoms with Gasteiger partial charge in [-0.05, 0) is 24.6 Å². The van der Waals surface area contributed by atoms with Gasteiger partial charge in [0, 0.05) is 37.7 Å². The maximum absolute atomic E-state index is 4.83. The lowest BCUT2D eigenvalue weighted by Gasteiger charge is -2.26. The Kier molecular flexibility index (Phi) is 3.60. The zero-order valence-corrected chi connectivity index (χ0v) is 13.0. The monoisotopic (exact) mass is 322 g/mol. The van der Waals surface area contributed by atoms with Crippen LogP contribution < -0.4 is 5.32 Å². The molecule has 2 aromatic rings. The number of halogens is 1. The second kappa shape index (κ2) is 5.23. The van der Waals surface area contributed by atoms with E-state index in [0.717, 1.165) is 48.5 Å². The third-order valence-electron chi connectivity index (χ3n) is 3.81. The molecule has 0 aliphatic carbocycles. The molecule has 1 aliphatic heterocycles. The van der Waals surface area contributed by atoms with Gasteiger partial charge < -0.3 is 9.88 Å². The van der Waals surface area contributed by atoms with E-state index in [-0.39, 0.29) is 0 Å². The summed E-state index contributed by atoms with van der Waals surface area (Å²) in [5.74, 6) is 1.15. The molecule has 5 heteroatoms. The smallest absolute Gasteiger partial charge is 0.123 e. The van der Waals surface area contributed by atoms with Crippen molar-refractivity contribution in [3.63, 3.8) is 0 Å². The van der Waals surface area contributed by atoms with Crippen molar-refractivity contribution < 1.29 is 0 Å². The summed E-state index contributed by atoms with van der Waals surface area (Å²) in [7, 11) is 2.11. The van der Waals surface area contributed by atoms with Gasteiger partial charge in [-0.2, -0.15) is 0 Å². The molecule has 1 fully saturated rings. The van der Waals surface area contributed by atoms with Crippen LogP contribution in [0.3, 0.4) is 0 Å². The number of hydrogen-bond donors (Lipinski definition) is 1. The van der Waals surface area contributed by atoms with Crippen LogP contribution in [0.2, 0.25) is 0 Å². The molecule has 3 rings (SSSR count). The fraction of sp³-hybridized carbons (Fsp3) is 0.500. The largest absolute Gasteiger partial charge is 0.330 e. The number of imidazole rings is 1. The van der Waals surface area contributed by atoms with Crippen LogP contribution in [0.25, 0.3) is 11.0 Å². The predicted octanol–water partition coefficient (Wildman–Crippen LogP) is 2.05. The highest BCUT2D eigenvalue weighted by Crippen LogP contribution is 2.24. The third-order valence-corrected chi connectivity index (χ3v) is 4.27. The summed E-state index contributed by atoms with van der Waals surface area (Å²) in [6, 6.07) is 4.28. The van der Waals surface area contributed by atoms with Gasteiger partial charge in [0.25, 0.3) is 0 Å². The molecule has 0 bridgehead atoms. The number of nitrogens with one attached hydrogen (secondary N) is 1. The van der Waals surface area contributed by atoms with Crippen molar-refractivity contribution in [1.82, 2.24) is 19.8 Å². The summed E-state index contributed by atoms with van der Waals surface area (Å²) >= 11 is 3.57. The van der Waals surface area contributed by atoms with Gasteiger partial charge in [-0.1, -0.05) is 15.9 Å². The van der Waals surface area contributed by atoms with E-state index in [1.807, 2.05) is 0 Å². The standard InChI is InChI=1S/C14H19BrN4/c1-10-7-11(15)8-12-14(10)17-13(18(12)2)9-19-5-3-16-4-6-19/h7-8,16H,3-6,9H2,1-2H3. The molecule has 1 aromatic carbocycles. The lowest BCUT2D eigenvalue weighted by atomic mass is 10.2. The molecule has 0 amide bonds. The van der Waals surface area contributed by atoms with Gasteiger partial charge >= 0.3 is 0 Å². The second-order valence-corrected chi connectivity index (χ2v) is 6.12. The maximum atomic E-state index is 4.83. The Morgan fingerprint density at radius 3 is 2.79 bits per heavy atom. The van der Waals surface area contributed by atoms with Crippen molar-refractivity contribution in [1.29, 1.82) is 0 Å². The minimum atomic E-state index is 0.934. The Hall–Kier alpha value is -0.910. The highest BCUT2D eigenvalue weighted by atomic mass is 79.9. The predicted molar refractivity (Wildman–Crippen MR) is 81.3 cm³/mol. The molecular formula is C14H19BrN4. The molecular weight excluding hydrogens is 304 g/mol. The van der Waals surface area contributed by atoms with Gasteiger partial charge in [-0.15, -0.1) is 0 Å². The van der Waals surface area contributed by atoms with Crippen molar-refractivity contribution in [3.8, 4) is 0 Å². The average Bonchev–Trinajstić information content (AvgIpc) is 2.69. The number of nitrogens with zero attached hydrogens (tertiary/aromatic N) is 3. The lowest BCUT2D eigenvalue weighted by Crippen LogP contribution is -2.43. The van der Waals surface area contributed by atoms with Crippen LogP contribution >= 0.6 is 15.9 Å². The van der Waals surface area contributed by atoms with Crippen LogP contribution in [0.15, 0.2) is 16.6 Å². The van der Waals surface area contributed by atoms with Gasteiger partial charge in [0.15, 0.2) is 0 Å². The highest BCUT2D eigenvalue weighted by Gasteiger charge is 2.15. The number of aryl methyl sites for hydroxylation is 2. The minimum Gasteiger partial charge on any atom is -0.330 e. The molecule has 1 aliphatic rings. The van der Waals surface area contributed by atoms with Crippen LogP contribution in [0, 0.1) is 6.92 Å². The van der Waals surface area contributed by atoms with Crippen molar-refractivity contribution in [3.05, 3.63) is 28.0 Å². The third kappa shape index (κ3) is 2.55. The van der Waals surface area contributed by atoms with Gasteiger partial charge in [0.2, 0.25) is 0 Å². The molecule has 1 aromatic heterocycles. The molecule has 0 saturated carbocycles. The fourth-order valence-corrected chi connectivity index (χ4v) is 3.23. The summed E-state index contributed by atoms with van der Waals surface area (Å²) in [6.45, 7) is 7.42. The van der Waals surface area contributed by atoms with E-state index >= 15 is 0 Å². The Labute approximate surface area is 121 Å². The van der Waals surface area contributed by atoms with Crippen LogP contribution in [0.5, 0.6) is 0 Å². The zero-order valence-electron chi connectivity index (χ0n) is 11.4. The van der Waals surface area contributed by atoms with E-state index in [0.29, 0.717) is 0 Å². The van der Waals surface area contributed by atoms with Gasteiger partial charge in [0.05, 0.1) is 17.6 Å². The van der Waals surface area contributed by atoms with E-state index in [1.165, 1.54) is 11.1 Å². The highest BCUT2D eigenvalue weighted by molar-refractivity contribution is 9.10. The van der Waals surface area contributed by atoms with Crippen LogP contribution in [0.1, 0.15) is 11.4 Å². The van der Waals surface area contributed by atoms with E-state index in [2.05, 4.69) is 56.8 Å². The minimum absolute atomic E-state index is 0.934. The fourth-order valence-electron chi connectivity index (χ4n) is 2.67. The van der Waals surface area contributed by atoms with Crippen LogP contribution in [-0.4, -0.2) is 40.6 Å². The Balaban J connectivity index is 1.95. The Morgan fingerprint density at radius 2 is 2.05 bits per heavy atom. The first-order valence-electron chi connectivity index (χ1n) is 6.69. The number of aromatic nitrogens is 2. The molecule has 19 heavy (non-hydrogen) atoms. The van der Waals surface area contributed by atoms with E-state index in [9.17, 15) is 0 Å². The Morgan fingerprint density at radius 1 is 1.32 bits per heavy atom. The molecule has 0 radical (unpaired) electrons. The van der Waals surface area contributed by atoms with Gasteiger partial charge in [-0.3, -0.25) is 4.90 Å². The molecule has 0 atom stereocenters. The topological polar surface area (TPSA) is 33.1 Å².